The fourth-order valence-electron chi connectivity index (χ4n) is 4.21. The fourth-order valence-corrected chi connectivity index (χ4v) is 7.20. The molecule has 1 aliphatic carbocycles. The van der Waals surface area contributed by atoms with Gasteiger partial charge >= 0.3 is 11.9 Å². The van der Waals surface area contributed by atoms with E-state index < -0.39 is 11.9 Å². The van der Waals surface area contributed by atoms with Gasteiger partial charge in [-0.2, -0.15) is 4.99 Å². The number of nitrogens with zero attached hydrogens (tertiary/aromatic N) is 2. The molecule has 12 heteroatoms. The van der Waals surface area contributed by atoms with Crippen molar-refractivity contribution in [1.82, 2.24) is 4.57 Å². The van der Waals surface area contributed by atoms with Crippen LogP contribution in [0.4, 0.5) is 5.00 Å². The maximum Gasteiger partial charge on any atom is 0.341 e. The number of ether oxygens (including phenoxy) is 2. The summed E-state index contributed by atoms with van der Waals surface area (Å²) < 4.78 is 12.4. The van der Waals surface area contributed by atoms with Crippen molar-refractivity contribution in [2.45, 2.75) is 32.2 Å². The van der Waals surface area contributed by atoms with Gasteiger partial charge in [-0.15, -0.1) is 29.7 Å². The molecule has 2 amide bonds. The Kier molecular flexibility index (Phi) is 9.18. The van der Waals surface area contributed by atoms with Crippen LogP contribution in [0.5, 0.6) is 0 Å². The molecule has 0 saturated heterocycles. The van der Waals surface area contributed by atoms with Crippen LogP contribution in [0.25, 0.3) is 10.2 Å². The molecule has 1 aliphatic rings. The lowest BCUT2D eigenvalue weighted by molar-refractivity contribution is -0.115. The minimum absolute atomic E-state index is 0.00790. The number of methoxy groups -OCH3 is 2. The molecule has 38 heavy (non-hydrogen) atoms. The molecule has 0 unspecified atom stereocenters. The topological polar surface area (TPSA) is 116 Å². The summed E-state index contributed by atoms with van der Waals surface area (Å²) in [6.45, 7) is 4.21. The minimum atomic E-state index is -0.448. The third kappa shape index (κ3) is 6.08. The Hall–Kier alpha value is -3.22. The average Bonchev–Trinajstić information content (AvgIpc) is 3.44. The maximum atomic E-state index is 12.6. The third-order valence-electron chi connectivity index (χ3n) is 5.91. The Labute approximate surface area is 231 Å². The Morgan fingerprint density at radius 1 is 1.11 bits per heavy atom. The van der Waals surface area contributed by atoms with Gasteiger partial charge in [-0.05, 0) is 49.4 Å². The van der Waals surface area contributed by atoms with E-state index in [0.717, 1.165) is 58.1 Å². The monoisotopic (exact) mass is 573 g/mol. The molecular formula is C26H27N3O6S3. The molecule has 1 aromatic carbocycles. The smallest absolute Gasteiger partial charge is 0.341 e. The summed E-state index contributed by atoms with van der Waals surface area (Å²) in [7, 11) is 2.65. The summed E-state index contributed by atoms with van der Waals surface area (Å²) in [5.41, 5.74) is 2.65. The SMILES string of the molecule is C=CCn1c(=NC(=O)CSCC(=O)Nc2sc3c(c2C(=O)OC)CCCC3)sc2cc(C(=O)OC)ccc21. The first-order valence-electron chi connectivity index (χ1n) is 11.9. The van der Waals surface area contributed by atoms with Gasteiger partial charge in [0.1, 0.15) is 5.00 Å². The van der Waals surface area contributed by atoms with E-state index in [1.165, 1.54) is 36.9 Å². The van der Waals surface area contributed by atoms with Crippen LogP contribution in [0.3, 0.4) is 0 Å². The molecule has 2 aromatic heterocycles. The first kappa shape index (κ1) is 27.8. The molecule has 0 bridgehead atoms. The standard InChI is InChI=1S/C26H27N3O6S3/c1-4-11-29-17-10-9-15(24(32)34-2)12-19(17)38-26(29)28-21(31)14-36-13-20(30)27-23-22(25(33)35-3)16-7-5-6-8-18(16)37-23/h4,9-10,12H,1,5-8,11,13-14H2,2-3H3,(H,27,30). The summed E-state index contributed by atoms with van der Waals surface area (Å²) in [5.74, 6) is -1.54. The zero-order valence-electron chi connectivity index (χ0n) is 21.0. The number of hydrogen-bond acceptors (Lipinski definition) is 9. The third-order valence-corrected chi connectivity index (χ3v) is 9.07. The van der Waals surface area contributed by atoms with Gasteiger partial charge in [-0.25, -0.2) is 9.59 Å². The van der Waals surface area contributed by atoms with Crippen molar-refractivity contribution < 1.29 is 28.7 Å². The highest BCUT2D eigenvalue weighted by atomic mass is 32.2. The van der Waals surface area contributed by atoms with Gasteiger partial charge in [-0.1, -0.05) is 17.4 Å². The second-order valence-corrected chi connectivity index (χ2v) is 11.5. The first-order chi connectivity index (χ1) is 18.4. The van der Waals surface area contributed by atoms with Crippen molar-refractivity contribution in [2.24, 2.45) is 4.99 Å². The van der Waals surface area contributed by atoms with E-state index in [1.807, 2.05) is 4.57 Å². The van der Waals surface area contributed by atoms with Crippen LogP contribution in [0, 0.1) is 0 Å². The average molecular weight is 574 g/mol. The number of carbonyl (C=O) groups is 4. The number of aryl methyl sites for hydroxylation is 1. The Morgan fingerprint density at radius 2 is 1.87 bits per heavy atom. The number of fused-ring (bicyclic) bond motifs is 2. The molecule has 0 spiro atoms. The number of benzene rings is 1. The molecular weight excluding hydrogens is 547 g/mol. The Balaban J connectivity index is 1.43. The Morgan fingerprint density at radius 3 is 2.61 bits per heavy atom. The van der Waals surface area contributed by atoms with E-state index in [2.05, 4.69) is 16.9 Å². The van der Waals surface area contributed by atoms with E-state index in [0.29, 0.717) is 27.5 Å². The lowest BCUT2D eigenvalue weighted by Gasteiger charge is -2.11. The minimum Gasteiger partial charge on any atom is -0.465 e. The quantitative estimate of drug-likeness (QED) is 0.301. The molecule has 3 aromatic rings. The summed E-state index contributed by atoms with van der Waals surface area (Å²) in [4.78, 5) is 55.4. The number of rotatable bonds is 9. The molecule has 0 fully saturated rings. The summed E-state index contributed by atoms with van der Waals surface area (Å²) >= 11 is 3.85. The zero-order valence-corrected chi connectivity index (χ0v) is 23.5. The van der Waals surface area contributed by atoms with Crippen molar-refractivity contribution >= 4 is 73.4 Å². The van der Waals surface area contributed by atoms with E-state index in [9.17, 15) is 19.2 Å². The van der Waals surface area contributed by atoms with Gasteiger partial charge in [0.05, 0.1) is 47.1 Å². The van der Waals surface area contributed by atoms with E-state index >= 15 is 0 Å². The van der Waals surface area contributed by atoms with Crippen LogP contribution in [-0.4, -0.2) is 54.0 Å². The molecule has 1 N–H and O–H groups in total. The van der Waals surface area contributed by atoms with Gasteiger partial charge in [-0.3, -0.25) is 9.59 Å². The number of nitrogens with one attached hydrogen (secondary N) is 1. The van der Waals surface area contributed by atoms with Crippen LogP contribution in [0.15, 0.2) is 35.8 Å². The lowest BCUT2D eigenvalue weighted by Crippen LogP contribution is -2.19. The van der Waals surface area contributed by atoms with E-state index in [-0.39, 0.29) is 23.3 Å². The van der Waals surface area contributed by atoms with Crippen molar-refractivity contribution in [3.8, 4) is 0 Å². The van der Waals surface area contributed by atoms with Gasteiger partial charge < -0.3 is 19.4 Å². The highest BCUT2D eigenvalue weighted by Crippen LogP contribution is 2.38. The fraction of sp³-hybridized carbons (Fsp3) is 0.346. The largest absolute Gasteiger partial charge is 0.465 e. The number of amides is 2. The lowest BCUT2D eigenvalue weighted by atomic mass is 9.95. The molecule has 0 radical (unpaired) electrons. The van der Waals surface area contributed by atoms with Crippen molar-refractivity contribution in [2.75, 3.05) is 31.0 Å². The second-order valence-electron chi connectivity index (χ2n) is 8.41. The summed E-state index contributed by atoms with van der Waals surface area (Å²) in [6, 6.07) is 5.16. The van der Waals surface area contributed by atoms with Crippen LogP contribution >= 0.6 is 34.4 Å². The number of aromatic nitrogens is 1. The van der Waals surface area contributed by atoms with Gasteiger partial charge in [0.15, 0.2) is 4.80 Å². The number of thiazole rings is 1. The van der Waals surface area contributed by atoms with Crippen LogP contribution in [-0.2, 0) is 38.4 Å². The molecule has 0 aliphatic heterocycles. The van der Waals surface area contributed by atoms with Gasteiger partial charge in [0.25, 0.3) is 5.91 Å². The molecule has 4 rings (SSSR count). The van der Waals surface area contributed by atoms with Gasteiger partial charge in [0.2, 0.25) is 5.91 Å². The Bertz CT molecular complexity index is 1480. The highest BCUT2D eigenvalue weighted by Gasteiger charge is 2.27. The molecule has 0 atom stereocenters. The predicted octanol–water partition coefficient (Wildman–Crippen LogP) is 4.20. The first-order valence-corrected chi connectivity index (χ1v) is 14.7. The molecule has 200 valence electrons. The van der Waals surface area contributed by atoms with Crippen LogP contribution in [0.1, 0.15) is 44.0 Å². The van der Waals surface area contributed by atoms with Crippen molar-refractivity contribution in [3.63, 3.8) is 0 Å². The number of thioether (sulfide) groups is 1. The number of allylic oxidation sites excluding steroid dienone is 1. The van der Waals surface area contributed by atoms with Crippen molar-refractivity contribution in [1.29, 1.82) is 0 Å². The van der Waals surface area contributed by atoms with Gasteiger partial charge in [0, 0.05) is 11.4 Å². The summed E-state index contributed by atoms with van der Waals surface area (Å²) in [6.07, 6.45) is 5.44. The maximum absolute atomic E-state index is 12.6. The summed E-state index contributed by atoms with van der Waals surface area (Å²) in [5, 5.41) is 3.34. The molecule has 9 nitrogen and oxygen atoms in total. The second kappa shape index (κ2) is 12.5. The number of thiophene rings is 1. The normalized spacial score (nSPS) is 13.2. The molecule has 0 saturated carbocycles. The highest BCUT2D eigenvalue weighted by molar-refractivity contribution is 8.00. The van der Waals surface area contributed by atoms with E-state index in [1.54, 1.807) is 24.3 Å². The number of carbonyl (C=O) groups excluding carboxylic acids is 4. The predicted molar refractivity (Wildman–Crippen MR) is 150 cm³/mol. The van der Waals surface area contributed by atoms with Crippen LogP contribution in [0.2, 0.25) is 0 Å². The number of hydrogen-bond donors (Lipinski definition) is 1. The molecule has 2 heterocycles. The van der Waals surface area contributed by atoms with Crippen molar-refractivity contribution in [3.05, 3.63) is 57.2 Å². The number of anilines is 1. The zero-order chi connectivity index (χ0) is 27.2. The number of esters is 2. The van der Waals surface area contributed by atoms with E-state index in [4.69, 9.17) is 9.47 Å². The van der Waals surface area contributed by atoms with Crippen LogP contribution < -0.4 is 10.1 Å².